The number of tetrazole rings is 1. The average Bonchev–Trinajstić information content (AvgIpc) is 3.24. The molecule has 1 aromatic carbocycles. The third kappa shape index (κ3) is 4.19. The number of nitrogens with one attached hydrogen (secondary N) is 1. The first kappa shape index (κ1) is 15.3. The molecule has 0 unspecified atom stereocenters. The van der Waals surface area contributed by atoms with E-state index in [1.54, 1.807) is 10.9 Å². The largest absolute Gasteiger partial charge is 0.302 e. The highest BCUT2D eigenvalue weighted by Gasteiger charge is 2.09. The van der Waals surface area contributed by atoms with Crippen molar-refractivity contribution in [1.82, 2.24) is 25.2 Å². The molecule has 0 radical (unpaired) electrons. The predicted molar refractivity (Wildman–Crippen MR) is 87.5 cm³/mol. The van der Waals surface area contributed by atoms with E-state index in [9.17, 15) is 4.79 Å². The Kier molecular flexibility index (Phi) is 5.05. The van der Waals surface area contributed by atoms with Crippen molar-refractivity contribution in [1.29, 1.82) is 0 Å². The van der Waals surface area contributed by atoms with Crippen LogP contribution in [0.15, 0.2) is 41.9 Å². The van der Waals surface area contributed by atoms with Gasteiger partial charge < -0.3 is 5.32 Å². The highest BCUT2D eigenvalue weighted by molar-refractivity contribution is 7.13. The molecule has 7 nitrogen and oxygen atoms in total. The third-order valence-corrected chi connectivity index (χ3v) is 3.96. The second-order valence-electron chi connectivity index (χ2n) is 4.94. The zero-order valence-electron chi connectivity index (χ0n) is 12.4. The predicted octanol–water partition coefficient (Wildman–Crippen LogP) is 2.47. The van der Waals surface area contributed by atoms with Crippen molar-refractivity contribution in [3.63, 3.8) is 0 Å². The van der Waals surface area contributed by atoms with Crippen LogP contribution >= 0.6 is 11.3 Å². The lowest BCUT2D eigenvalue weighted by molar-refractivity contribution is -0.116. The molecule has 8 heteroatoms. The van der Waals surface area contributed by atoms with Gasteiger partial charge in [-0.05, 0) is 35.4 Å². The van der Waals surface area contributed by atoms with Gasteiger partial charge in [0.2, 0.25) is 5.91 Å². The Bertz CT molecular complexity index is 740. The van der Waals surface area contributed by atoms with Crippen LogP contribution < -0.4 is 5.32 Å². The number of unbranched alkanes of at least 4 members (excludes halogenated alkanes) is 1. The highest BCUT2D eigenvalue weighted by atomic mass is 32.1. The number of aromatic nitrogens is 5. The molecule has 118 valence electrons. The van der Waals surface area contributed by atoms with Crippen LogP contribution in [0.2, 0.25) is 0 Å². The maximum absolute atomic E-state index is 11.8. The number of rotatable bonds is 7. The standard InChI is InChI=1S/C15H16N6OS/c22-14(17-15-16-10-11-23-15)9-5-4-8-13-18-19-20-21(13)12-6-2-1-3-7-12/h1-3,6-7,10-11H,4-5,8-9H2,(H,16,17,22). The highest BCUT2D eigenvalue weighted by Crippen LogP contribution is 2.12. The zero-order valence-corrected chi connectivity index (χ0v) is 13.2. The van der Waals surface area contributed by atoms with Crippen molar-refractivity contribution in [3.05, 3.63) is 47.7 Å². The van der Waals surface area contributed by atoms with Crippen LogP contribution in [-0.4, -0.2) is 31.1 Å². The molecule has 3 aromatic rings. The molecule has 0 fully saturated rings. The van der Waals surface area contributed by atoms with Crippen molar-refractivity contribution < 1.29 is 4.79 Å². The number of para-hydroxylation sites is 1. The Balaban J connectivity index is 1.46. The SMILES string of the molecule is O=C(CCCCc1nnnn1-c1ccccc1)Nc1nccs1. The summed E-state index contributed by atoms with van der Waals surface area (Å²) in [6.45, 7) is 0. The summed E-state index contributed by atoms with van der Waals surface area (Å²) in [5.74, 6) is 0.791. The van der Waals surface area contributed by atoms with Crippen molar-refractivity contribution in [2.45, 2.75) is 25.7 Å². The van der Waals surface area contributed by atoms with Crippen LogP contribution in [0.5, 0.6) is 0 Å². The summed E-state index contributed by atoms with van der Waals surface area (Å²) in [5.41, 5.74) is 0.939. The van der Waals surface area contributed by atoms with Crippen molar-refractivity contribution in [3.8, 4) is 5.69 Å². The average molecular weight is 328 g/mol. The Morgan fingerprint density at radius 3 is 2.87 bits per heavy atom. The minimum Gasteiger partial charge on any atom is -0.302 e. The van der Waals surface area contributed by atoms with E-state index in [1.807, 2.05) is 35.7 Å². The van der Waals surface area contributed by atoms with Gasteiger partial charge in [-0.2, -0.15) is 4.68 Å². The molecule has 0 aliphatic carbocycles. The lowest BCUT2D eigenvalue weighted by Crippen LogP contribution is -2.11. The van der Waals surface area contributed by atoms with E-state index in [0.717, 1.165) is 30.8 Å². The normalized spacial score (nSPS) is 10.6. The number of benzene rings is 1. The van der Waals surface area contributed by atoms with Crippen LogP contribution in [0, 0.1) is 0 Å². The number of carbonyl (C=O) groups is 1. The first-order valence-electron chi connectivity index (χ1n) is 7.35. The molecule has 0 aliphatic rings. The summed E-state index contributed by atoms with van der Waals surface area (Å²) in [6, 6.07) is 9.77. The summed E-state index contributed by atoms with van der Waals surface area (Å²) in [6.07, 6.45) is 4.49. The van der Waals surface area contributed by atoms with Gasteiger partial charge in [0.15, 0.2) is 11.0 Å². The molecule has 0 bridgehead atoms. The fraction of sp³-hybridized carbons (Fsp3) is 0.267. The molecule has 1 N–H and O–H groups in total. The van der Waals surface area contributed by atoms with Crippen molar-refractivity contribution in [2.24, 2.45) is 0 Å². The number of amides is 1. The topological polar surface area (TPSA) is 85.6 Å². The van der Waals surface area contributed by atoms with Gasteiger partial charge in [-0.25, -0.2) is 4.98 Å². The molecule has 0 saturated heterocycles. The maximum atomic E-state index is 11.8. The smallest absolute Gasteiger partial charge is 0.226 e. The van der Waals surface area contributed by atoms with Gasteiger partial charge in [-0.1, -0.05) is 18.2 Å². The summed E-state index contributed by atoms with van der Waals surface area (Å²) >= 11 is 1.42. The molecule has 0 spiro atoms. The first-order valence-corrected chi connectivity index (χ1v) is 8.23. The summed E-state index contributed by atoms with van der Waals surface area (Å²) in [7, 11) is 0. The molecule has 1 amide bonds. The van der Waals surface area contributed by atoms with Gasteiger partial charge in [0.05, 0.1) is 5.69 Å². The van der Waals surface area contributed by atoms with Crippen LogP contribution in [0.25, 0.3) is 5.69 Å². The van der Waals surface area contributed by atoms with Gasteiger partial charge >= 0.3 is 0 Å². The Hall–Kier alpha value is -2.61. The molecule has 23 heavy (non-hydrogen) atoms. The summed E-state index contributed by atoms with van der Waals surface area (Å²) in [5, 5.41) is 17.1. The first-order chi connectivity index (χ1) is 11.3. The molecular weight excluding hydrogens is 312 g/mol. The van der Waals surface area contributed by atoms with E-state index < -0.39 is 0 Å². The number of aryl methyl sites for hydroxylation is 1. The van der Waals surface area contributed by atoms with Gasteiger partial charge in [-0.3, -0.25) is 4.79 Å². The van der Waals surface area contributed by atoms with Crippen LogP contribution in [0.1, 0.15) is 25.1 Å². The molecule has 2 aromatic heterocycles. The molecule has 0 aliphatic heterocycles. The number of thiazole rings is 1. The van der Waals surface area contributed by atoms with E-state index in [2.05, 4.69) is 25.8 Å². The number of nitrogens with zero attached hydrogens (tertiary/aromatic N) is 5. The van der Waals surface area contributed by atoms with Gasteiger partial charge in [0.25, 0.3) is 0 Å². The Morgan fingerprint density at radius 1 is 1.22 bits per heavy atom. The fourth-order valence-corrected chi connectivity index (χ4v) is 2.71. The van der Waals surface area contributed by atoms with E-state index in [1.165, 1.54) is 11.3 Å². The zero-order chi connectivity index (χ0) is 15.9. The van der Waals surface area contributed by atoms with Crippen LogP contribution in [0.4, 0.5) is 5.13 Å². The molecule has 0 atom stereocenters. The molecule has 3 rings (SSSR count). The number of hydrogen-bond acceptors (Lipinski definition) is 6. The fourth-order valence-electron chi connectivity index (χ4n) is 2.17. The number of anilines is 1. The van der Waals surface area contributed by atoms with Gasteiger partial charge in [0.1, 0.15) is 0 Å². The molecular formula is C15H16N6OS. The van der Waals surface area contributed by atoms with E-state index in [-0.39, 0.29) is 5.91 Å². The Morgan fingerprint density at radius 2 is 2.09 bits per heavy atom. The third-order valence-electron chi connectivity index (χ3n) is 3.27. The van der Waals surface area contributed by atoms with Gasteiger partial charge in [0, 0.05) is 24.4 Å². The van der Waals surface area contributed by atoms with Crippen molar-refractivity contribution >= 4 is 22.4 Å². The van der Waals surface area contributed by atoms with E-state index in [4.69, 9.17) is 0 Å². The second kappa shape index (κ2) is 7.59. The van der Waals surface area contributed by atoms with Crippen molar-refractivity contribution in [2.75, 3.05) is 5.32 Å². The monoisotopic (exact) mass is 328 g/mol. The molecule has 0 saturated carbocycles. The minimum absolute atomic E-state index is 0.0115. The van der Waals surface area contributed by atoms with E-state index in [0.29, 0.717) is 11.6 Å². The summed E-state index contributed by atoms with van der Waals surface area (Å²) in [4.78, 5) is 15.8. The number of hydrogen-bond donors (Lipinski definition) is 1. The Labute approximate surface area is 137 Å². The number of carbonyl (C=O) groups excluding carboxylic acids is 1. The lowest BCUT2D eigenvalue weighted by atomic mass is 10.2. The summed E-state index contributed by atoms with van der Waals surface area (Å²) < 4.78 is 1.73. The van der Waals surface area contributed by atoms with E-state index >= 15 is 0 Å². The van der Waals surface area contributed by atoms with Crippen LogP contribution in [-0.2, 0) is 11.2 Å². The minimum atomic E-state index is -0.0115. The second-order valence-corrected chi connectivity index (χ2v) is 5.83. The lowest BCUT2D eigenvalue weighted by Gasteiger charge is -2.04. The molecule has 2 heterocycles. The quantitative estimate of drug-likeness (QED) is 0.673. The van der Waals surface area contributed by atoms with Crippen LogP contribution in [0.3, 0.4) is 0 Å². The van der Waals surface area contributed by atoms with Gasteiger partial charge in [-0.15, -0.1) is 16.4 Å². The maximum Gasteiger partial charge on any atom is 0.226 e.